The quantitative estimate of drug-likeness (QED) is 0.0222. The number of unbranched alkanes of at least 4 members (excludes halogenated alkanes) is 44. The van der Waals surface area contributed by atoms with Crippen molar-refractivity contribution in [1.29, 1.82) is 0 Å². The number of carbonyl (C=O) groups excluding carboxylic acids is 4. The highest BCUT2D eigenvalue weighted by molar-refractivity contribution is 7.47. The Morgan fingerprint density at radius 1 is 0.297 bits per heavy atom. The molecule has 0 aliphatic heterocycles. The maximum Gasteiger partial charge on any atom is 0.472 e. The smallest absolute Gasteiger partial charge is 0.462 e. The minimum Gasteiger partial charge on any atom is -0.462 e. The fourth-order valence-electron chi connectivity index (χ4n) is 11.0. The van der Waals surface area contributed by atoms with Gasteiger partial charge in [-0.15, -0.1) is 0 Å². The topological polar surface area (TPSA) is 237 Å². The second-order valence-electron chi connectivity index (χ2n) is 26.5. The third-order valence-electron chi connectivity index (χ3n) is 16.8. The van der Waals surface area contributed by atoms with Gasteiger partial charge in [-0.1, -0.05) is 324 Å². The molecule has 0 heterocycles. The van der Waals surface area contributed by atoms with Gasteiger partial charge in [-0.05, 0) is 31.6 Å². The van der Waals surface area contributed by atoms with Gasteiger partial charge in [0.2, 0.25) is 0 Å². The Morgan fingerprint density at radius 2 is 0.505 bits per heavy atom. The van der Waals surface area contributed by atoms with Crippen molar-refractivity contribution in [2.24, 2.45) is 5.92 Å². The maximum atomic E-state index is 13.0. The van der Waals surface area contributed by atoms with Crippen LogP contribution in [0.2, 0.25) is 0 Å². The molecule has 2 unspecified atom stereocenters. The Labute approximate surface area is 556 Å². The predicted octanol–water partition coefficient (Wildman–Crippen LogP) is 20.9. The zero-order valence-electron chi connectivity index (χ0n) is 59.0. The van der Waals surface area contributed by atoms with E-state index < -0.39 is 97.5 Å². The van der Waals surface area contributed by atoms with Crippen LogP contribution < -0.4 is 0 Å². The van der Waals surface area contributed by atoms with Crippen LogP contribution in [0.1, 0.15) is 375 Å². The molecule has 0 saturated carbocycles. The molecule has 17 nitrogen and oxygen atoms in total. The van der Waals surface area contributed by atoms with E-state index in [4.69, 9.17) is 37.0 Å². The van der Waals surface area contributed by atoms with E-state index in [2.05, 4.69) is 34.6 Å². The van der Waals surface area contributed by atoms with E-state index >= 15 is 0 Å². The van der Waals surface area contributed by atoms with Gasteiger partial charge >= 0.3 is 39.5 Å². The fraction of sp³-hybridized carbons (Fsp3) is 0.944. The number of aliphatic hydroxyl groups is 1. The SMILES string of the molecule is CCCCCCCCCCCCCCCCCCCCCC(=O)O[C@H](COC(=O)CCCCCCCCCCCCCC(C)C)COP(=O)(O)OC[C@@H](O)COP(=O)(O)OC[C@@H](COC(=O)CCCCCCC)OC(=O)CCCCCCCCCCCCCCC. The van der Waals surface area contributed by atoms with Gasteiger partial charge in [-0.3, -0.25) is 37.3 Å². The van der Waals surface area contributed by atoms with Crippen molar-refractivity contribution in [1.82, 2.24) is 0 Å². The van der Waals surface area contributed by atoms with Crippen LogP contribution in [0.15, 0.2) is 0 Å². The Balaban J connectivity index is 5.14. The lowest BCUT2D eigenvalue weighted by atomic mass is 10.0. The monoisotopic (exact) mass is 1340 g/mol. The molecule has 0 aromatic rings. The lowest BCUT2D eigenvalue weighted by molar-refractivity contribution is -0.161. The molecular formula is C72H140O17P2. The minimum absolute atomic E-state index is 0.107. The molecule has 0 radical (unpaired) electrons. The van der Waals surface area contributed by atoms with Crippen LogP contribution in [-0.2, 0) is 65.4 Å². The molecule has 0 aliphatic rings. The number of esters is 4. The highest BCUT2D eigenvalue weighted by atomic mass is 31.2. The summed E-state index contributed by atoms with van der Waals surface area (Å²) in [6, 6.07) is 0. The molecule has 91 heavy (non-hydrogen) atoms. The van der Waals surface area contributed by atoms with Crippen molar-refractivity contribution in [3.05, 3.63) is 0 Å². The predicted molar refractivity (Wildman–Crippen MR) is 368 cm³/mol. The molecule has 0 bridgehead atoms. The van der Waals surface area contributed by atoms with E-state index in [1.54, 1.807) is 0 Å². The molecule has 0 aromatic carbocycles. The molecule has 0 amide bonds. The van der Waals surface area contributed by atoms with E-state index in [0.29, 0.717) is 25.7 Å². The summed E-state index contributed by atoms with van der Waals surface area (Å²) in [4.78, 5) is 72.4. The summed E-state index contributed by atoms with van der Waals surface area (Å²) in [6.07, 6.45) is 53.1. The summed E-state index contributed by atoms with van der Waals surface area (Å²) < 4.78 is 68.2. The van der Waals surface area contributed by atoms with Gasteiger partial charge < -0.3 is 33.8 Å². The van der Waals surface area contributed by atoms with Crippen molar-refractivity contribution in [3.63, 3.8) is 0 Å². The Kier molecular flexibility index (Phi) is 64.0. The molecule has 540 valence electrons. The number of hydrogen-bond acceptors (Lipinski definition) is 15. The lowest BCUT2D eigenvalue weighted by Crippen LogP contribution is -2.30. The third-order valence-corrected chi connectivity index (χ3v) is 18.7. The summed E-state index contributed by atoms with van der Waals surface area (Å²) in [5, 5.41) is 10.6. The molecule has 0 fully saturated rings. The Bertz CT molecular complexity index is 1750. The van der Waals surface area contributed by atoms with Crippen LogP contribution in [0.3, 0.4) is 0 Å². The molecule has 0 saturated heterocycles. The van der Waals surface area contributed by atoms with Crippen LogP contribution in [0.25, 0.3) is 0 Å². The minimum atomic E-state index is -4.95. The van der Waals surface area contributed by atoms with Gasteiger partial charge in [0.15, 0.2) is 12.2 Å². The van der Waals surface area contributed by atoms with Gasteiger partial charge in [0, 0.05) is 25.7 Å². The van der Waals surface area contributed by atoms with Crippen LogP contribution in [0.5, 0.6) is 0 Å². The maximum absolute atomic E-state index is 13.0. The fourth-order valence-corrected chi connectivity index (χ4v) is 12.6. The van der Waals surface area contributed by atoms with E-state index in [1.807, 2.05) is 0 Å². The summed E-state index contributed by atoms with van der Waals surface area (Å²) >= 11 is 0. The van der Waals surface area contributed by atoms with Gasteiger partial charge in [0.1, 0.15) is 19.3 Å². The van der Waals surface area contributed by atoms with E-state index in [9.17, 15) is 43.2 Å². The molecule has 3 N–H and O–H groups in total. The number of carbonyl (C=O) groups is 4. The summed E-state index contributed by atoms with van der Waals surface area (Å²) in [5.41, 5.74) is 0. The average molecular weight is 1340 g/mol. The number of aliphatic hydroxyl groups excluding tert-OH is 1. The van der Waals surface area contributed by atoms with E-state index in [1.165, 1.54) is 193 Å². The highest BCUT2D eigenvalue weighted by Crippen LogP contribution is 2.45. The molecule has 0 aromatic heterocycles. The highest BCUT2D eigenvalue weighted by Gasteiger charge is 2.30. The number of hydrogen-bond donors (Lipinski definition) is 3. The second-order valence-corrected chi connectivity index (χ2v) is 29.4. The first kappa shape index (κ1) is 89.1. The van der Waals surface area contributed by atoms with E-state index in [0.717, 1.165) is 102 Å². The van der Waals surface area contributed by atoms with Crippen molar-refractivity contribution in [2.75, 3.05) is 39.6 Å². The molecule has 0 spiro atoms. The van der Waals surface area contributed by atoms with Gasteiger partial charge in [-0.2, -0.15) is 0 Å². The lowest BCUT2D eigenvalue weighted by Gasteiger charge is -2.21. The molecule has 5 atom stereocenters. The van der Waals surface area contributed by atoms with Crippen LogP contribution >= 0.6 is 15.6 Å². The van der Waals surface area contributed by atoms with Crippen LogP contribution in [0, 0.1) is 5.92 Å². The number of ether oxygens (including phenoxy) is 4. The van der Waals surface area contributed by atoms with Crippen LogP contribution in [-0.4, -0.2) is 96.7 Å². The molecule has 19 heteroatoms. The van der Waals surface area contributed by atoms with Crippen molar-refractivity contribution < 1.29 is 80.2 Å². The summed E-state index contributed by atoms with van der Waals surface area (Å²) in [5.74, 6) is -1.36. The first-order valence-electron chi connectivity index (χ1n) is 37.6. The van der Waals surface area contributed by atoms with Gasteiger partial charge in [-0.25, -0.2) is 9.13 Å². The van der Waals surface area contributed by atoms with Crippen molar-refractivity contribution in [3.8, 4) is 0 Å². The van der Waals surface area contributed by atoms with Crippen molar-refractivity contribution in [2.45, 2.75) is 393 Å². The van der Waals surface area contributed by atoms with Gasteiger partial charge in [0.25, 0.3) is 0 Å². The zero-order chi connectivity index (χ0) is 67.0. The van der Waals surface area contributed by atoms with Crippen LogP contribution in [0.4, 0.5) is 0 Å². The first-order valence-corrected chi connectivity index (χ1v) is 40.6. The normalized spacial score (nSPS) is 14.0. The standard InChI is InChI=1S/C72H140O17P2/c1-6-9-12-15-17-19-21-23-24-25-26-27-28-30-34-39-43-48-53-58-72(77)89-68(62-83-70(75)56-51-46-41-37-35-31-32-36-40-45-49-54-65(4)5)64-87-91(80,81)85-60-66(73)59-84-90(78,79)86-63-67(61-82-69(74)55-50-44-14-11-8-3)88-71(76)57-52-47-42-38-33-29-22-20-18-16-13-10-7-2/h65-68,73H,6-64H2,1-5H3,(H,78,79)(H,80,81)/t66-,67+,68+/m0/s1. The largest absolute Gasteiger partial charge is 0.472 e. The number of phosphoric acid groups is 2. The molecule has 0 aliphatic carbocycles. The number of phosphoric ester groups is 2. The average Bonchev–Trinajstić information content (AvgIpc) is 3.66. The van der Waals surface area contributed by atoms with E-state index in [-0.39, 0.29) is 25.7 Å². The summed E-state index contributed by atoms with van der Waals surface area (Å²) in [7, 11) is -9.89. The molecule has 0 rings (SSSR count). The second kappa shape index (κ2) is 65.4. The zero-order valence-corrected chi connectivity index (χ0v) is 60.8. The third kappa shape index (κ3) is 66.5. The number of rotatable bonds is 72. The molecular weight excluding hydrogens is 1200 g/mol. The Hall–Kier alpha value is -1.94. The van der Waals surface area contributed by atoms with Crippen molar-refractivity contribution >= 4 is 39.5 Å². The van der Waals surface area contributed by atoms with Gasteiger partial charge in [0.05, 0.1) is 26.4 Å². The first-order chi connectivity index (χ1) is 44.0. The summed E-state index contributed by atoms with van der Waals surface area (Å²) in [6.45, 7) is 7.18. The Morgan fingerprint density at radius 3 is 0.747 bits per heavy atom.